The molecule has 47 heavy (non-hydrogen) atoms. The maximum atomic E-state index is 13.2. The summed E-state index contributed by atoms with van der Waals surface area (Å²) < 4.78 is 5.57. The van der Waals surface area contributed by atoms with E-state index < -0.39 is 22.8 Å². The first-order valence-electron chi connectivity index (χ1n) is 17.2. The van der Waals surface area contributed by atoms with Gasteiger partial charge in [0.25, 0.3) is 0 Å². The molecule has 3 saturated carbocycles. The lowest BCUT2D eigenvalue weighted by Gasteiger charge is -2.57. The van der Waals surface area contributed by atoms with Crippen molar-refractivity contribution < 1.29 is 33.8 Å². The number of carbonyl (C=O) groups excluding carboxylic acids is 4. The van der Waals surface area contributed by atoms with E-state index >= 15 is 0 Å². The largest absolute Gasteiger partial charge is 0.480 e. The zero-order valence-electron chi connectivity index (χ0n) is 27.8. The van der Waals surface area contributed by atoms with E-state index in [0.717, 1.165) is 56.1 Å². The topological polar surface area (TPSA) is 130 Å². The number of nitrogens with one attached hydrogen (secondary N) is 1. The number of carbonyl (C=O) groups is 5. The summed E-state index contributed by atoms with van der Waals surface area (Å²) >= 11 is 1.40. The van der Waals surface area contributed by atoms with Gasteiger partial charge in [-0.2, -0.15) is 0 Å². The van der Waals surface area contributed by atoms with Crippen molar-refractivity contribution in [1.82, 2.24) is 10.2 Å². The average Bonchev–Trinajstić information content (AvgIpc) is 3.47. The van der Waals surface area contributed by atoms with Crippen LogP contribution < -0.4 is 5.32 Å². The fourth-order valence-electron chi connectivity index (χ4n) is 10.4. The van der Waals surface area contributed by atoms with Gasteiger partial charge in [0.1, 0.15) is 23.6 Å². The van der Waals surface area contributed by atoms with Gasteiger partial charge in [-0.15, -0.1) is 11.8 Å². The monoisotopic (exact) mass is 662 g/mol. The lowest BCUT2D eigenvalue weighted by atomic mass is 9.47. The molecule has 2 aliphatic heterocycles. The van der Waals surface area contributed by atoms with E-state index in [0.29, 0.717) is 24.2 Å². The van der Waals surface area contributed by atoms with Gasteiger partial charge in [-0.1, -0.05) is 43.7 Å². The number of hydrogen-bond acceptors (Lipinski definition) is 7. The summed E-state index contributed by atoms with van der Waals surface area (Å²) in [5.41, 5.74) is 3.07. The molecule has 2 N–H and O–H groups in total. The molecule has 9 atom stereocenters. The summed E-state index contributed by atoms with van der Waals surface area (Å²) in [6.45, 7) is 8.34. The van der Waals surface area contributed by atoms with Gasteiger partial charge in [0, 0.05) is 16.6 Å². The fourth-order valence-corrected chi connectivity index (χ4v) is 12.0. The number of allylic oxidation sites excluding steroid dienone is 1. The first-order chi connectivity index (χ1) is 22.2. The summed E-state index contributed by atoms with van der Waals surface area (Å²) in [6, 6.07) is 5.70. The number of nitrogens with zero attached hydrogens (tertiary/aromatic N) is 1. The smallest absolute Gasteiger partial charge is 0.327 e. The molecule has 0 spiro atoms. The molecular weight excluding hydrogens is 616 g/mol. The summed E-state index contributed by atoms with van der Waals surface area (Å²) in [7, 11) is 0. The highest BCUT2D eigenvalue weighted by atomic mass is 32.2. The molecule has 0 radical (unpaired) electrons. The van der Waals surface area contributed by atoms with Crippen LogP contribution in [0.2, 0.25) is 0 Å². The SMILES string of the molecule is CC1(C)SC2C(NC(=O)Cc3ccc(CC(=O)OC4CCC5C6CCC7=CC(=O)CCC7(C)C6CCC45C)cc3)C(=O)N2C1C(=O)O. The van der Waals surface area contributed by atoms with Crippen molar-refractivity contribution >= 4 is 41.3 Å². The van der Waals surface area contributed by atoms with Gasteiger partial charge in [0.15, 0.2) is 5.78 Å². The van der Waals surface area contributed by atoms with Crippen molar-refractivity contribution in [3.63, 3.8) is 0 Å². The molecule has 6 aliphatic rings. The van der Waals surface area contributed by atoms with Gasteiger partial charge in [-0.05, 0) is 99.2 Å². The Hall–Kier alpha value is -3.14. The number of hydrogen-bond donors (Lipinski definition) is 2. The number of fused-ring (bicyclic) bond motifs is 6. The number of ether oxygens (including phenoxy) is 1. The van der Waals surface area contributed by atoms with Crippen LogP contribution >= 0.6 is 11.8 Å². The van der Waals surface area contributed by atoms with Crippen LogP contribution in [-0.4, -0.2) is 67.9 Å². The molecule has 1 aromatic carbocycles. The molecule has 0 bridgehead atoms. The number of carboxylic acid groups (broad SMARTS) is 1. The lowest BCUT2D eigenvalue weighted by Crippen LogP contribution is -2.70. The molecule has 4 aliphatic carbocycles. The Morgan fingerprint density at radius 3 is 2.34 bits per heavy atom. The number of rotatable bonds is 7. The van der Waals surface area contributed by atoms with E-state index in [4.69, 9.17) is 4.74 Å². The van der Waals surface area contributed by atoms with E-state index in [-0.39, 0.29) is 58.7 Å². The molecule has 0 aromatic heterocycles. The Balaban J connectivity index is 0.915. The zero-order chi connectivity index (χ0) is 33.5. The number of thioether (sulfide) groups is 1. The van der Waals surface area contributed by atoms with E-state index in [1.54, 1.807) is 13.8 Å². The van der Waals surface area contributed by atoms with Crippen molar-refractivity contribution in [2.75, 3.05) is 0 Å². The first kappa shape index (κ1) is 32.4. The molecule has 9 nitrogen and oxygen atoms in total. The fraction of sp³-hybridized carbons (Fsp3) is 0.649. The maximum absolute atomic E-state index is 13.2. The Kier molecular flexibility index (Phi) is 7.92. The van der Waals surface area contributed by atoms with Crippen molar-refractivity contribution in [2.24, 2.45) is 28.6 Å². The number of β-lactam (4-membered cyclic amide) rings is 1. The van der Waals surface area contributed by atoms with Crippen molar-refractivity contribution in [3.8, 4) is 0 Å². The Morgan fingerprint density at radius 1 is 0.936 bits per heavy atom. The van der Waals surface area contributed by atoms with Crippen LogP contribution in [-0.2, 0) is 41.6 Å². The van der Waals surface area contributed by atoms with Crippen LogP contribution in [0.15, 0.2) is 35.9 Å². The number of amides is 2. The van der Waals surface area contributed by atoms with Crippen LogP contribution in [0.25, 0.3) is 0 Å². The minimum absolute atomic E-state index is 0.0176. The number of esters is 1. The van der Waals surface area contributed by atoms with E-state index in [1.807, 2.05) is 30.3 Å². The predicted octanol–water partition coefficient (Wildman–Crippen LogP) is 4.85. The standard InChI is InChI=1S/C37H46N2O7S/c1-35(2)31(34(44)45)39-32(43)30(33(39)47-35)38-28(41)17-20-5-7-21(8-6-20)18-29(42)46-27-12-11-25-24-10-9-22-19-23(40)13-15-36(22,3)26(24)14-16-37(25,27)4/h5-8,19,24-27,30-31,33H,9-18H2,1-4H3,(H,38,41)(H,44,45). The van der Waals surface area contributed by atoms with Crippen molar-refractivity contribution in [2.45, 2.75) is 120 Å². The van der Waals surface area contributed by atoms with Gasteiger partial charge in [0.2, 0.25) is 11.8 Å². The van der Waals surface area contributed by atoms with Crippen LogP contribution in [0.4, 0.5) is 0 Å². The minimum atomic E-state index is -1.04. The van der Waals surface area contributed by atoms with E-state index in [2.05, 4.69) is 19.2 Å². The maximum Gasteiger partial charge on any atom is 0.327 e. The molecule has 2 saturated heterocycles. The molecule has 9 unspecified atom stereocenters. The van der Waals surface area contributed by atoms with E-state index in [9.17, 15) is 29.1 Å². The molecule has 5 fully saturated rings. The van der Waals surface area contributed by atoms with Crippen LogP contribution in [0, 0.1) is 28.6 Å². The third-order valence-corrected chi connectivity index (χ3v) is 14.4. The Morgan fingerprint density at radius 2 is 1.64 bits per heavy atom. The van der Waals surface area contributed by atoms with Gasteiger partial charge >= 0.3 is 11.9 Å². The van der Waals surface area contributed by atoms with Crippen molar-refractivity contribution in [1.29, 1.82) is 0 Å². The molecule has 10 heteroatoms. The Bertz CT molecular complexity index is 1550. The van der Waals surface area contributed by atoms with Gasteiger partial charge in [-0.25, -0.2) is 4.79 Å². The number of benzene rings is 1. The number of ketones is 1. The number of carboxylic acids is 1. The molecular formula is C37H46N2O7S. The highest BCUT2D eigenvalue weighted by Crippen LogP contribution is 2.65. The molecule has 252 valence electrons. The molecule has 2 heterocycles. The van der Waals surface area contributed by atoms with Gasteiger partial charge < -0.3 is 20.1 Å². The summed E-state index contributed by atoms with van der Waals surface area (Å²) in [6.07, 6.45) is 10.0. The van der Waals surface area contributed by atoms with Crippen molar-refractivity contribution in [3.05, 3.63) is 47.0 Å². The second kappa shape index (κ2) is 11.5. The number of aliphatic carboxylic acids is 1. The third kappa shape index (κ3) is 5.33. The first-order valence-corrected chi connectivity index (χ1v) is 18.1. The molecule has 2 amide bonds. The third-order valence-electron chi connectivity index (χ3n) is 12.9. The summed E-state index contributed by atoms with van der Waals surface area (Å²) in [5, 5.41) is 12.0. The normalized spacial score (nSPS) is 38.3. The zero-order valence-corrected chi connectivity index (χ0v) is 28.6. The molecule has 7 rings (SSSR count). The molecule has 1 aromatic rings. The second-order valence-electron chi connectivity index (χ2n) is 15.9. The van der Waals surface area contributed by atoms with E-state index in [1.165, 1.54) is 22.2 Å². The minimum Gasteiger partial charge on any atom is -0.480 e. The summed E-state index contributed by atoms with van der Waals surface area (Å²) in [5.74, 6) is 0.118. The quantitative estimate of drug-likeness (QED) is 0.313. The lowest BCUT2D eigenvalue weighted by molar-refractivity contribution is -0.161. The predicted molar refractivity (Wildman–Crippen MR) is 176 cm³/mol. The highest BCUT2D eigenvalue weighted by molar-refractivity contribution is 8.01. The highest BCUT2D eigenvalue weighted by Gasteiger charge is 2.64. The van der Waals surface area contributed by atoms with Crippen LogP contribution in [0.5, 0.6) is 0 Å². The average molecular weight is 663 g/mol. The van der Waals surface area contributed by atoms with Gasteiger partial charge in [0.05, 0.1) is 12.8 Å². The van der Waals surface area contributed by atoms with Crippen LogP contribution in [0.1, 0.15) is 90.2 Å². The Labute approximate surface area is 280 Å². The van der Waals surface area contributed by atoms with Crippen LogP contribution in [0.3, 0.4) is 0 Å². The second-order valence-corrected chi connectivity index (χ2v) is 17.7. The summed E-state index contributed by atoms with van der Waals surface area (Å²) in [4.78, 5) is 64.0. The van der Waals surface area contributed by atoms with Gasteiger partial charge in [-0.3, -0.25) is 19.2 Å².